The van der Waals surface area contributed by atoms with Crippen molar-refractivity contribution in [1.82, 2.24) is 15.3 Å². The van der Waals surface area contributed by atoms with E-state index in [1.807, 2.05) is 31.2 Å². The van der Waals surface area contributed by atoms with Crippen LogP contribution in [0.5, 0.6) is 0 Å². The molecule has 0 saturated carbocycles. The van der Waals surface area contributed by atoms with E-state index in [2.05, 4.69) is 5.32 Å². The monoisotopic (exact) mass is 265 g/mol. The molecule has 0 atom stereocenters. The second kappa shape index (κ2) is 6.75. The zero-order valence-corrected chi connectivity index (χ0v) is 11.4. The molecule has 0 spiro atoms. The maximum atomic E-state index is 11.8. The van der Waals surface area contributed by atoms with Gasteiger partial charge in [-0.3, -0.25) is 10.0 Å². The number of carbonyl (C=O) groups is 2. The molecule has 0 aromatic heterocycles. The number of hydrogen-bond acceptors (Lipinski definition) is 3. The molecule has 6 heteroatoms. The summed E-state index contributed by atoms with van der Waals surface area (Å²) in [5.74, 6) is -0.292. The minimum atomic E-state index is -0.619. The lowest BCUT2D eigenvalue weighted by Gasteiger charge is -2.23. The van der Waals surface area contributed by atoms with Crippen molar-refractivity contribution in [2.75, 3.05) is 20.6 Å². The molecule has 0 heterocycles. The fraction of sp³-hybridized carbons (Fsp3) is 0.385. The lowest BCUT2D eigenvalue weighted by molar-refractivity contribution is -0.121. The number of likely N-dealkylation sites (N-methyl/N-ethyl adjacent to an activating group) is 2. The van der Waals surface area contributed by atoms with Gasteiger partial charge in [0.05, 0.1) is 6.54 Å². The van der Waals surface area contributed by atoms with Crippen molar-refractivity contribution in [3.63, 3.8) is 0 Å². The number of nitrogens with zero attached hydrogens (tertiary/aromatic N) is 2. The van der Waals surface area contributed by atoms with Gasteiger partial charge in [0.1, 0.15) is 6.54 Å². The fourth-order valence-corrected chi connectivity index (χ4v) is 1.58. The number of nitrogens with one attached hydrogen (secondary N) is 1. The van der Waals surface area contributed by atoms with E-state index in [0.29, 0.717) is 5.06 Å². The molecule has 0 saturated heterocycles. The molecule has 1 rings (SSSR count). The van der Waals surface area contributed by atoms with E-state index in [1.54, 1.807) is 0 Å². The van der Waals surface area contributed by atoms with Crippen LogP contribution in [0, 0.1) is 6.92 Å². The molecule has 104 valence electrons. The van der Waals surface area contributed by atoms with E-state index in [0.717, 1.165) is 16.0 Å². The highest BCUT2D eigenvalue weighted by Crippen LogP contribution is 2.10. The van der Waals surface area contributed by atoms with Crippen LogP contribution in [0.4, 0.5) is 4.79 Å². The maximum absolute atomic E-state index is 11.8. The normalized spacial score (nSPS) is 9.89. The van der Waals surface area contributed by atoms with E-state index >= 15 is 0 Å². The van der Waals surface area contributed by atoms with Crippen LogP contribution >= 0.6 is 0 Å². The Bertz CT molecular complexity index is 462. The molecule has 0 bridgehead atoms. The summed E-state index contributed by atoms with van der Waals surface area (Å²) in [5, 5.41) is 12.8. The third kappa shape index (κ3) is 4.26. The summed E-state index contributed by atoms with van der Waals surface area (Å²) >= 11 is 0. The maximum Gasteiger partial charge on any atom is 0.344 e. The minimum Gasteiger partial charge on any atom is -0.358 e. The lowest BCUT2D eigenvalue weighted by atomic mass is 10.1. The zero-order valence-electron chi connectivity index (χ0n) is 11.4. The number of rotatable bonds is 4. The number of amides is 3. The number of benzene rings is 1. The summed E-state index contributed by atoms with van der Waals surface area (Å²) in [4.78, 5) is 24.1. The predicted octanol–water partition coefficient (Wildman–Crippen LogP) is 0.984. The van der Waals surface area contributed by atoms with Crippen LogP contribution in [0.1, 0.15) is 11.1 Å². The Balaban J connectivity index is 2.62. The second-order valence-electron chi connectivity index (χ2n) is 4.30. The van der Waals surface area contributed by atoms with Crippen LogP contribution in [0.15, 0.2) is 24.3 Å². The Kier molecular flexibility index (Phi) is 5.32. The highest BCUT2D eigenvalue weighted by molar-refractivity contribution is 5.83. The molecule has 0 fully saturated rings. The summed E-state index contributed by atoms with van der Waals surface area (Å²) in [6, 6.07) is 6.86. The summed E-state index contributed by atoms with van der Waals surface area (Å²) in [6.45, 7) is 1.89. The third-order valence-electron chi connectivity index (χ3n) is 2.79. The van der Waals surface area contributed by atoms with Gasteiger partial charge in [-0.2, -0.15) is 0 Å². The van der Waals surface area contributed by atoms with Crippen LogP contribution in [-0.2, 0) is 11.3 Å². The molecule has 0 radical (unpaired) electrons. The van der Waals surface area contributed by atoms with Crippen molar-refractivity contribution in [2.24, 2.45) is 0 Å². The van der Waals surface area contributed by atoms with Gasteiger partial charge < -0.3 is 10.2 Å². The van der Waals surface area contributed by atoms with Crippen molar-refractivity contribution in [2.45, 2.75) is 13.5 Å². The number of hydrogen-bond donors (Lipinski definition) is 2. The number of urea groups is 1. The molecule has 6 nitrogen and oxygen atoms in total. The smallest absolute Gasteiger partial charge is 0.344 e. The van der Waals surface area contributed by atoms with Crippen molar-refractivity contribution in [1.29, 1.82) is 0 Å². The van der Waals surface area contributed by atoms with Gasteiger partial charge in [0.2, 0.25) is 5.91 Å². The average molecular weight is 265 g/mol. The molecule has 0 aliphatic heterocycles. The highest BCUT2D eigenvalue weighted by atomic mass is 16.5. The highest BCUT2D eigenvalue weighted by Gasteiger charge is 2.18. The largest absolute Gasteiger partial charge is 0.358 e. The van der Waals surface area contributed by atoms with Crippen LogP contribution in [-0.4, -0.2) is 47.7 Å². The molecule has 3 amide bonds. The van der Waals surface area contributed by atoms with E-state index in [9.17, 15) is 14.8 Å². The summed E-state index contributed by atoms with van der Waals surface area (Å²) in [7, 11) is 2.95. The van der Waals surface area contributed by atoms with Gasteiger partial charge in [-0.25, -0.2) is 9.86 Å². The van der Waals surface area contributed by atoms with Crippen LogP contribution in [0.2, 0.25) is 0 Å². The van der Waals surface area contributed by atoms with Gasteiger partial charge in [0.15, 0.2) is 0 Å². The first-order valence-corrected chi connectivity index (χ1v) is 5.92. The van der Waals surface area contributed by atoms with Gasteiger partial charge in [-0.05, 0) is 18.1 Å². The van der Waals surface area contributed by atoms with Crippen molar-refractivity contribution >= 4 is 11.9 Å². The van der Waals surface area contributed by atoms with Gasteiger partial charge >= 0.3 is 6.03 Å². The molecule has 0 aliphatic rings. The number of aryl methyl sites for hydroxylation is 1. The summed E-state index contributed by atoms with van der Waals surface area (Å²) in [6.07, 6.45) is 0. The SMILES string of the molecule is CNC(=O)CN(C)C(=O)N(O)Cc1ccccc1C. The van der Waals surface area contributed by atoms with Crippen molar-refractivity contribution < 1.29 is 14.8 Å². The average Bonchev–Trinajstić information content (AvgIpc) is 2.40. The zero-order chi connectivity index (χ0) is 14.4. The first-order chi connectivity index (χ1) is 8.95. The Labute approximate surface area is 112 Å². The van der Waals surface area contributed by atoms with Crippen molar-refractivity contribution in [3.8, 4) is 0 Å². The van der Waals surface area contributed by atoms with Gasteiger partial charge in [-0.1, -0.05) is 24.3 Å². The predicted molar refractivity (Wildman–Crippen MR) is 70.6 cm³/mol. The van der Waals surface area contributed by atoms with Crippen LogP contribution < -0.4 is 5.32 Å². The lowest BCUT2D eigenvalue weighted by Crippen LogP contribution is -2.43. The number of carbonyl (C=O) groups excluding carboxylic acids is 2. The molecular weight excluding hydrogens is 246 g/mol. The molecule has 19 heavy (non-hydrogen) atoms. The third-order valence-corrected chi connectivity index (χ3v) is 2.79. The standard InChI is InChI=1S/C13H19N3O3/c1-10-6-4-5-7-11(10)8-16(19)13(18)15(3)9-12(17)14-2/h4-7,19H,8-9H2,1-3H3,(H,14,17). The van der Waals surface area contributed by atoms with E-state index in [4.69, 9.17) is 0 Å². The quantitative estimate of drug-likeness (QED) is 0.629. The Morgan fingerprint density at radius 2 is 1.95 bits per heavy atom. The molecular formula is C13H19N3O3. The van der Waals surface area contributed by atoms with Crippen LogP contribution in [0.3, 0.4) is 0 Å². The first kappa shape index (κ1) is 15.0. The molecule has 1 aromatic rings. The topological polar surface area (TPSA) is 72.9 Å². The van der Waals surface area contributed by atoms with E-state index < -0.39 is 6.03 Å². The van der Waals surface area contributed by atoms with E-state index in [-0.39, 0.29) is 19.0 Å². The van der Waals surface area contributed by atoms with Gasteiger partial charge in [-0.15, -0.1) is 0 Å². The van der Waals surface area contributed by atoms with Gasteiger partial charge in [0.25, 0.3) is 0 Å². The Hall–Kier alpha value is -2.08. The van der Waals surface area contributed by atoms with E-state index in [1.165, 1.54) is 14.1 Å². The first-order valence-electron chi connectivity index (χ1n) is 5.92. The second-order valence-corrected chi connectivity index (χ2v) is 4.30. The number of hydroxylamine groups is 2. The Morgan fingerprint density at radius 3 is 2.53 bits per heavy atom. The summed E-state index contributed by atoms with van der Waals surface area (Å²) in [5.41, 5.74) is 1.84. The Morgan fingerprint density at radius 1 is 1.32 bits per heavy atom. The summed E-state index contributed by atoms with van der Waals surface area (Å²) < 4.78 is 0. The molecule has 0 aliphatic carbocycles. The minimum absolute atomic E-state index is 0.0869. The molecule has 0 unspecified atom stereocenters. The van der Waals surface area contributed by atoms with Gasteiger partial charge in [0, 0.05) is 14.1 Å². The van der Waals surface area contributed by atoms with Crippen LogP contribution in [0.25, 0.3) is 0 Å². The molecule has 2 N–H and O–H groups in total. The fourth-order valence-electron chi connectivity index (χ4n) is 1.58. The molecule has 1 aromatic carbocycles. The van der Waals surface area contributed by atoms with Crippen molar-refractivity contribution in [3.05, 3.63) is 35.4 Å².